The average Bonchev–Trinajstić information content (AvgIpc) is 2.66. The Hall–Kier alpha value is -0.160. The van der Waals surface area contributed by atoms with Gasteiger partial charge in [0.05, 0.1) is 12.2 Å². The monoisotopic (exact) mass is 214 g/mol. The van der Waals surface area contributed by atoms with Crippen molar-refractivity contribution in [3.05, 3.63) is 0 Å². The van der Waals surface area contributed by atoms with Crippen LogP contribution < -0.4 is 5.32 Å². The lowest BCUT2D eigenvalue weighted by atomic mass is 10.0. The van der Waals surface area contributed by atoms with Crippen LogP contribution >= 0.6 is 0 Å². The third-order valence-corrected chi connectivity index (χ3v) is 3.50. The van der Waals surface area contributed by atoms with Crippen LogP contribution in [0.5, 0.6) is 0 Å². The molecule has 2 atom stereocenters. The first-order valence-corrected chi connectivity index (χ1v) is 6.05. The molecule has 0 aromatic carbocycles. The fourth-order valence-corrected chi connectivity index (χ4v) is 2.63. The highest BCUT2D eigenvalue weighted by molar-refractivity contribution is 4.90. The molecule has 2 aliphatic heterocycles. The Balaban J connectivity index is 1.77. The summed E-state index contributed by atoms with van der Waals surface area (Å²) in [6, 6.07) is 0.326. The molecule has 0 radical (unpaired) electrons. The summed E-state index contributed by atoms with van der Waals surface area (Å²) in [5.74, 6) is 0. The topological polar surface area (TPSA) is 44.7 Å². The second-order valence-corrected chi connectivity index (χ2v) is 4.48. The predicted molar refractivity (Wildman–Crippen MR) is 58.9 cm³/mol. The van der Waals surface area contributed by atoms with Gasteiger partial charge in [-0.1, -0.05) is 0 Å². The number of ether oxygens (including phenoxy) is 1. The van der Waals surface area contributed by atoms with E-state index in [0.717, 1.165) is 45.6 Å². The van der Waals surface area contributed by atoms with E-state index >= 15 is 0 Å². The summed E-state index contributed by atoms with van der Waals surface area (Å²) >= 11 is 0. The molecule has 0 saturated carbocycles. The average molecular weight is 214 g/mol. The molecule has 2 fully saturated rings. The van der Waals surface area contributed by atoms with Gasteiger partial charge in [0.25, 0.3) is 0 Å². The van der Waals surface area contributed by atoms with Crippen LogP contribution in [-0.2, 0) is 4.74 Å². The van der Waals surface area contributed by atoms with Crippen molar-refractivity contribution in [1.29, 1.82) is 0 Å². The van der Waals surface area contributed by atoms with Gasteiger partial charge in [0, 0.05) is 38.8 Å². The molecule has 0 amide bonds. The van der Waals surface area contributed by atoms with Gasteiger partial charge in [-0.2, -0.15) is 0 Å². The van der Waals surface area contributed by atoms with E-state index in [-0.39, 0.29) is 6.10 Å². The number of rotatable bonds is 3. The predicted octanol–water partition coefficient (Wildman–Crippen LogP) is -0.180. The van der Waals surface area contributed by atoms with E-state index in [1.165, 1.54) is 0 Å². The first kappa shape index (κ1) is 11.3. The minimum absolute atomic E-state index is 0.186. The zero-order valence-electron chi connectivity index (χ0n) is 9.48. The zero-order valence-corrected chi connectivity index (χ0v) is 9.48. The number of hydrogen-bond donors (Lipinski definition) is 2. The van der Waals surface area contributed by atoms with Gasteiger partial charge < -0.3 is 15.2 Å². The second kappa shape index (κ2) is 5.25. The third-order valence-electron chi connectivity index (χ3n) is 3.50. The lowest BCUT2D eigenvalue weighted by Gasteiger charge is -2.36. The van der Waals surface area contributed by atoms with Crippen molar-refractivity contribution in [2.24, 2.45) is 0 Å². The Labute approximate surface area is 91.6 Å². The minimum Gasteiger partial charge on any atom is -0.390 e. The molecule has 2 N–H and O–H groups in total. The van der Waals surface area contributed by atoms with E-state index in [9.17, 15) is 5.11 Å². The van der Waals surface area contributed by atoms with Gasteiger partial charge in [-0.05, 0) is 19.8 Å². The van der Waals surface area contributed by atoms with Gasteiger partial charge >= 0.3 is 0 Å². The summed E-state index contributed by atoms with van der Waals surface area (Å²) in [4.78, 5) is 2.40. The Kier molecular flexibility index (Phi) is 3.97. The smallest absolute Gasteiger partial charge is 0.0831 e. The van der Waals surface area contributed by atoms with Crippen LogP contribution in [0.4, 0.5) is 0 Å². The van der Waals surface area contributed by atoms with E-state index in [1.807, 2.05) is 0 Å². The summed E-state index contributed by atoms with van der Waals surface area (Å²) in [7, 11) is 0. The number of nitrogens with zero attached hydrogens (tertiary/aromatic N) is 1. The maximum Gasteiger partial charge on any atom is 0.0831 e. The fraction of sp³-hybridized carbons (Fsp3) is 1.00. The fourth-order valence-electron chi connectivity index (χ4n) is 2.63. The molecule has 0 aromatic rings. The van der Waals surface area contributed by atoms with Crippen LogP contribution in [0.25, 0.3) is 0 Å². The van der Waals surface area contributed by atoms with Gasteiger partial charge in [0.1, 0.15) is 0 Å². The van der Waals surface area contributed by atoms with Crippen molar-refractivity contribution in [2.45, 2.75) is 38.0 Å². The standard InChI is InChI=1S/C11H22N2O2/c1-2-15-9-3-5-13(6-4-9)10-7-12-8-11(10)14/h9-12,14H,2-8H2,1H3/t10-,11-/m1/s1. The summed E-state index contributed by atoms with van der Waals surface area (Å²) in [5, 5.41) is 13.0. The lowest BCUT2D eigenvalue weighted by molar-refractivity contribution is -0.00905. The molecule has 2 rings (SSSR count). The highest BCUT2D eigenvalue weighted by Gasteiger charge is 2.32. The molecular formula is C11H22N2O2. The number of nitrogens with one attached hydrogen (secondary N) is 1. The highest BCUT2D eigenvalue weighted by atomic mass is 16.5. The maximum absolute atomic E-state index is 9.78. The molecule has 2 saturated heterocycles. The van der Waals surface area contributed by atoms with Crippen molar-refractivity contribution in [3.63, 3.8) is 0 Å². The van der Waals surface area contributed by atoms with Gasteiger partial charge in [0.2, 0.25) is 0 Å². The van der Waals surface area contributed by atoms with Crippen LogP contribution in [0.1, 0.15) is 19.8 Å². The van der Waals surface area contributed by atoms with Crippen molar-refractivity contribution in [3.8, 4) is 0 Å². The maximum atomic E-state index is 9.78. The Morgan fingerprint density at radius 1 is 1.33 bits per heavy atom. The van der Waals surface area contributed by atoms with E-state index in [2.05, 4.69) is 17.1 Å². The molecule has 0 aliphatic carbocycles. The van der Waals surface area contributed by atoms with Crippen LogP contribution in [0, 0.1) is 0 Å². The molecule has 0 spiro atoms. The molecule has 2 heterocycles. The summed E-state index contributed by atoms with van der Waals surface area (Å²) < 4.78 is 5.62. The summed E-state index contributed by atoms with van der Waals surface area (Å²) in [5.41, 5.74) is 0. The van der Waals surface area contributed by atoms with Crippen molar-refractivity contribution in [1.82, 2.24) is 10.2 Å². The van der Waals surface area contributed by atoms with E-state index < -0.39 is 0 Å². The van der Waals surface area contributed by atoms with Crippen molar-refractivity contribution in [2.75, 3.05) is 32.8 Å². The number of aliphatic hydroxyl groups excluding tert-OH is 1. The number of likely N-dealkylation sites (tertiary alicyclic amines) is 1. The molecule has 88 valence electrons. The second-order valence-electron chi connectivity index (χ2n) is 4.48. The number of aliphatic hydroxyl groups is 1. The van der Waals surface area contributed by atoms with Crippen LogP contribution in [0.2, 0.25) is 0 Å². The van der Waals surface area contributed by atoms with E-state index in [1.54, 1.807) is 0 Å². The normalized spacial score (nSPS) is 34.8. The quantitative estimate of drug-likeness (QED) is 0.684. The van der Waals surface area contributed by atoms with E-state index in [4.69, 9.17) is 4.74 Å². The highest BCUT2D eigenvalue weighted by Crippen LogP contribution is 2.18. The number of hydrogen-bond acceptors (Lipinski definition) is 4. The Morgan fingerprint density at radius 3 is 2.60 bits per heavy atom. The van der Waals surface area contributed by atoms with Gasteiger partial charge in [0.15, 0.2) is 0 Å². The molecule has 0 bridgehead atoms. The number of piperidine rings is 1. The third kappa shape index (κ3) is 2.69. The summed E-state index contributed by atoms with van der Waals surface area (Å²) in [6.07, 6.45) is 2.47. The zero-order chi connectivity index (χ0) is 10.7. The first-order valence-electron chi connectivity index (χ1n) is 6.05. The summed E-state index contributed by atoms with van der Waals surface area (Å²) in [6.45, 7) is 6.67. The largest absolute Gasteiger partial charge is 0.390 e. The first-order chi connectivity index (χ1) is 7.31. The molecule has 15 heavy (non-hydrogen) atoms. The van der Waals surface area contributed by atoms with Crippen LogP contribution in [-0.4, -0.2) is 61.0 Å². The lowest BCUT2D eigenvalue weighted by Crippen LogP contribution is -2.48. The SMILES string of the molecule is CCOC1CCN([C@@H]2CNC[C@H]2O)CC1. The van der Waals surface area contributed by atoms with Gasteiger partial charge in [-0.25, -0.2) is 0 Å². The molecule has 2 aliphatic rings. The minimum atomic E-state index is -0.186. The van der Waals surface area contributed by atoms with Crippen LogP contribution in [0.15, 0.2) is 0 Å². The molecule has 4 heteroatoms. The van der Waals surface area contributed by atoms with Crippen molar-refractivity contribution < 1.29 is 9.84 Å². The van der Waals surface area contributed by atoms with Gasteiger partial charge in [-0.15, -0.1) is 0 Å². The van der Waals surface area contributed by atoms with Gasteiger partial charge in [-0.3, -0.25) is 4.90 Å². The molecule has 0 aromatic heterocycles. The van der Waals surface area contributed by atoms with Crippen molar-refractivity contribution >= 4 is 0 Å². The number of β-amino-alcohol motifs (C(OH)–C–C–N with tert-alkyl or cyclic N) is 1. The Morgan fingerprint density at radius 2 is 2.07 bits per heavy atom. The van der Waals surface area contributed by atoms with Crippen LogP contribution in [0.3, 0.4) is 0 Å². The molecule has 0 unspecified atom stereocenters. The van der Waals surface area contributed by atoms with E-state index in [0.29, 0.717) is 12.1 Å². The Bertz CT molecular complexity index is 193. The molecule has 4 nitrogen and oxygen atoms in total. The molecular weight excluding hydrogens is 192 g/mol.